The lowest BCUT2D eigenvalue weighted by Gasteiger charge is -2.30. The first kappa shape index (κ1) is 20.8. The minimum Gasteiger partial charge on any atom is -0.444 e. The minimum absolute atomic E-state index is 0.252. The number of carbonyl (C=O) groups is 1. The number of rotatable bonds is 3. The highest BCUT2D eigenvalue weighted by Gasteiger charge is 2.27. The average molecular weight is 414 g/mol. The maximum atomic E-state index is 12.3. The van der Waals surface area contributed by atoms with Gasteiger partial charge >= 0.3 is 6.09 Å². The van der Waals surface area contributed by atoms with Crippen LogP contribution in [0.5, 0.6) is 0 Å². The third-order valence-electron chi connectivity index (χ3n) is 5.87. The molecule has 0 unspecified atom stereocenters. The second-order valence-electron chi connectivity index (χ2n) is 9.11. The molecular weight excluding hydrogens is 380 g/mol. The van der Waals surface area contributed by atoms with E-state index in [0.29, 0.717) is 13.1 Å². The van der Waals surface area contributed by atoms with Gasteiger partial charge in [0, 0.05) is 31.9 Å². The molecule has 30 heavy (non-hydrogen) atoms. The summed E-state index contributed by atoms with van der Waals surface area (Å²) in [5.41, 5.74) is 2.70. The van der Waals surface area contributed by atoms with Crippen LogP contribution in [0.4, 0.5) is 10.6 Å². The van der Waals surface area contributed by atoms with Crippen LogP contribution in [0.2, 0.25) is 0 Å². The highest BCUT2D eigenvalue weighted by Crippen LogP contribution is 2.27. The molecule has 1 amide bonds. The van der Waals surface area contributed by atoms with Crippen LogP contribution in [-0.4, -0.2) is 82.3 Å². The molecule has 0 atom stereocenters. The number of aromatic nitrogens is 3. The molecule has 8 nitrogen and oxygen atoms in total. The van der Waals surface area contributed by atoms with Gasteiger partial charge in [0.2, 0.25) is 5.82 Å². The Balaban J connectivity index is 1.50. The number of likely N-dealkylation sites (N-methyl/N-ethyl adjacent to an activating group) is 1. The first-order valence-corrected chi connectivity index (χ1v) is 10.9. The number of hydrogen-bond donors (Lipinski definition) is 2. The third-order valence-corrected chi connectivity index (χ3v) is 5.87. The largest absolute Gasteiger partial charge is 0.444 e. The van der Waals surface area contributed by atoms with E-state index in [-0.39, 0.29) is 6.09 Å². The summed E-state index contributed by atoms with van der Waals surface area (Å²) in [6, 6.07) is 2.18. The van der Waals surface area contributed by atoms with E-state index in [9.17, 15) is 4.79 Å². The second-order valence-corrected chi connectivity index (χ2v) is 9.11. The average Bonchev–Trinajstić information content (AvgIpc) is 3.17. The number of hydrogen-bond acceptors (Lipinski definition) is 5. The first-order valence-electron chi connectivity index (χ1n) is 10.9. The molecule has 8 heteroatoms. The number of quaternary nitrogens is 1. The molecule has 0 bridgehead atoms. The second kappa shape index (κ2) is 8.35. The van der Waals surface area contributed by atoms with E-state index in [1.165, 1.54) is 10.5 Å². The van der Waals surface area contributed by atoms with Crippen molar-refractivity contribution in [3.05, 3.63) is 24.2 Å². The fraction of sp³-hybridized carbons (Fsp3) is 0.591. The van der Waals surface area contributed by atoms with Gasteiger partial charge in [-0.05, 0) is 45.4 Å². The van der Waals surface area contributed by atoms with Gasteiger partial charge in [0.1, 0.15) is 23.0 Å². The predicted molar refractivity (Wildman–Crippen MR) is 117 cm³/mol. The van der Waals surface area contributed by atoms with Gasteiger partial charge in [0.15, 0.2) is 0 Å². The SMILES string of the molecule is CCN1CC[NH+](c2ncnc3[nH]c(C4=CCN(C(=O)OC(C)(C)C)CC4)cc23)CC1. The molecule has 1 saturated heterocycles. The van der Waals surface area contributed by atoms with E-state index in [0.717, 1.165) is 61.7 Å². The van der Waals surface area contributed by atoms with Crippen LogP contribution in [0.25, 0.3) is 16.6 Å². The highest BCUT2D eigenvalue weighted by molar-refractivity contribution is 5.88. The molecule has 2 aliphatic rings. The van der Waals surface area contributed by atoms with E-state index < -0.39 is 5.60 Å². The molecule has 0 aliphatic carbocycles. The molecule has 4 rings (SSSR count). The summed E-state index contributed by atoms with van der Waals surface area (Å²) in [6.07, 6.45) is 4.31. The van der Waals surface area contributed by atoms with Crippen molar-refractivity contribution in [2.24, 2.45) is 0 Å². The number of aromatic amines is 1. The van der Waals surface area contributed by atoms with E-state index in [4.69, 9.17) is 4.74 Å². The van der Waals surface area contributed by atoms with Crippen molar-refractivity contribution in [1.29, 1.82) is 0 Å². The molecule has 2 aromatic rings. The smallest absolute Gasteiger partial charge is 0.410 e. The molecule has 0 radical (unpaired) electrons. The van der Waals surface area contributed by atoms with Crippen molar-refractivity contribution in [2.45, 2.75) is 39.7 Å². The Morgan fingerprint density at radius 3 is 2.63 bits per heavy atom. The zero-order valence-electron chi connectivity index (χ0n) is 18.5. The van der Waals surface area contributed by atoms with E-state index in [1.54, 1.807) is 11.2 Å². The highest BCUT2D eigenvalue weighted by atomic mass is 16.6. The predicted octanol–water partition coefficient (Wildman–Crippen LogP) is 1.83. The van der Waals surface area contributed by atoms with Gasteiger partial charge in [-0.25, -0.2) is 9.78 Å². The number of nitrogens with one attached hydrogen (secondary N) is 2. The van der Waals surface area contributed by atoms with Crippen molar-refractivity contribution >= 4 is 28.5 Å². The number of piperazine rings is 1. The van der Waals surface area contributed by atoms with Crippen LogP contribution in [0.15, 0.2) is 18.5 Å². The standard InChI is InChI=1S/C22H32N6O2/c1-5-26-10-12-27(13-11-26)20-17-14-18(25-19(17)23-15-24-20)16-6-8-28(9-7-16)21(29)30-22(2,3)4/h6,14-15H,5,7-13H2,1-4H3,(H,23,24,25)/p+1. The summed E-state index contributed by atoms with van der Waals surface area (Å²) in [5.74, 6) is 1.09. The number of carbonyl (C=O) groups excluding carboxylic acids is 1. The maximum Gasteiger partial charge on any atom is 0.410 e. The van der Waals surface area contributed by atoms with Crippen LogP contribution in [0, 0.1) is 0 Å². The van der Waals surface area contributed by atoms with Crippen LogP contribution in [0.3, 0.4) is 0 Å². The van der Waals surface area contributed by atoms with E-state index >= 15 is 0 Å². The summed E-state index contributed by atoms with van der Waals surface area (Å²) < 4.78 is 5.49. The van der Waals surface area contributed by atoms with Gasteiger partial charge in [-0.1, -0.05) is 13.0 Å². The van der Waals surface area contributed by atoms with E-state index in [1.807, 2.05) is 20.8 Å². The topological polar surface area (TPSA) is 78.8 Å². The molecule has 0 spiro atoms. The van der Waals surface area contributed by atoms with Crippen molar-refractivity contribution in [1.82, 2.24) is 24.8 Å². The van der Waals surface area contributed by atoms with Gasteiger partial charge in [-0.3, -0.25) is 9.80 Å². The Hall–Kier alpha value is -2.45. The van der Waals surface area contributed by atoms with Gasteiger partial charge in [-0.15, -0.1) is 0 Å². The number of H-pyrrole nitrogens is 1. The molecular formula is C22H33N6O2+. The minimum atomic E-state index is -0.474. The van der Waals surface area contributed by atoms with Crippen molar-refractivity contribution in [3.8, 4) is 0 Å². The Labute approximate surface area is 177 Å². The number of amides is 1. The summed E-state index contributed by atoms with van der Waals surface area (Å²) in [7, 11) is 0. The monoisotopic (exact) mass is 413 g/mol. The zero-order chi connectivity index (χ0) is 21.3. The van der Waals surface area contributed by atoms with Gasteiger partial charge in [0.05, 0.1) is 13.1 Å². The number of nitrogens with zero attached hydrogens (tertiary/aromatic N) is 4. The molecule has 4 heterocycles. The molecule has 2 N–H and O–H groups in total. The summed E-state index contributed by atoms with van der Waals surface area (Å²) in [4.78, 5) is 30.5. The van der Waals surface area contributed by atoms with Crippen molar-refractivity contribution in [2.75, 3.05) is 45.8 Å². The number of ether oxygens (including phenoxy) is 1. The van der Waals surface area contributed by atoms with Gasteiger partial charge < -0.3 is 14.6 Å². The van der Waals surface area contributed by atoms with Crippen LogP contribution in [0.1, 0.15) is 39.8 Å². The lowest BCUT2D eigenvalue weighted by Crippen LogP contribution is -3.10. The van der Waals surface area contributed by atoms with Gasteiger partial charge in [-0.2, -0.15) is 4.98 Å². The summed E-state index contributed by atoms with van der Waals surface area (Å²) in [5, 5.41) is 1.10. The molecule has 0 saturated carbocycles. The van der Waals surface area contributed by atoms with Crippen LogP contribution < -0.4 is 4.90 Å². The summed E-state index contributed by atoms with van der Waals surface area (Å²) in [6.45, 7) is 14.5. The quantitative estimate of drug-likeness (QED) is 0.803. The van der Waals surface area contributed by atoms with Gasteiger partial charge in [0.25, 0.3) is 0 Å². The van der Waals surface area contributed by atoms with Crippen molar-refractivity contribution in [3.63, 3.8) is 0 Å². The van der Waals surface area contributed by atoms with Crippen molar-refractivity contribution < 1.29 is 14.4 Å². The maximum absolute atomic E-state index is 12.3. The molecule has 1 fully saturated rings. The Bertz CT molecular complexity index is 937. The Kier molecular flexibility index (Phi) is 5.79. The molecule has 2 aromatic heterocycles. The fourth-order valence-corrected chi connectivity index (χ4v) is 4.18. The Morgan fingerprint density at radius 2 is 2.00 bits per heavy atom. The fourth-order valence-electron chi connectivity index (χ4n) is 4.18. The lowest BCUT2D eigenvalue weighted by molar-refractivity contribution is -0.839. The summed E-state index contributed by atoms with van der Waals surface area (Å²) >= 11 is 0. The third kappa shape index (κ3) is 4.49. The molecule has 162 valence electrons. The Morgan fingerprint density at radius 1 is 1.23 bits per heavy atom. The first-order chi connectivity index (χ1) is 14.3. The molecule has 0 aromatic carbocycles. The van der Waals surface area contributed by atoms with E-state index in [2.05, 4.69) is 38.9 Å². The zero-order valence-corrected chi connectivity index (χ0v) is 18.5. The lowest BCUT2D eigenvalue weighted by atomic mass is 10.1. The van der Waals surface area contributed by atoms with Crippen LogP contribution >= 0.6 is 0 Å². The molecule has 2 aliphatic heterocycles. The normalized spacial score (nSPS) is 19.2. The number of fused-ring (bicyclic) bond motifs is 1. The van der Waals surface area contributed by atoms with Crippen LogP contribution in [-0.2, 0) is 4.74 Å².